The maximum absolute atomic E-state index is 13.9. The van der Waals surface area contributed by atoms with Crippen molar-refractivity contribution in [3.05, 3.63) is 59.7 Å². The molecule has 1 aliphatic rings. The summed E-state index contributed by atoms with van der Waals surface area (Å²) >= 11 is 0. The van der Waals surface area contributed by atoms with E-state index in [1.165, 1.54) is 18.9 Å². The third kappa shape index (κ3) is 3.33. The topological polar surface area (TPSA) is 34.1 Å². The first kappa shape index (κ1) is 13.1. The van der Waals surface area contributed by atoms with Crippen molar-refractivity contribution in [1.29, 1.82) is 0 Å². The number of benzene rings is 1. The molecule has 1 fully saturated rings. The second-order valence-corrected chi connectivity index (χ2v) is 4.99. The van der Waals surface area contributed by atoms with E-state index in [2.05, 4.69) is 10.3 Å². The molecule has 0 radical (unpaired) electrons. The minimum absolute atomic E-state index is 0.276. The zero-order valence-corrected chi connectivity index (χ0v) is 11.2. The average molecular weight is 272 g/mol. The SMILES string of the molecule is Fc1cccc(CNC2CC2)c1OCc1ccccn1. The molecule has 2 aromatic rings. The molecule has 1 saturated carbocycles. The third-order valence-corrected chi connectivity index (χ3v) is 3.30. The van der Waals surface area contributed by atoms with Gasteiger partial charge in [-0.25, -0.2) is 4.39 Å². The van der Waals surface area contributed by atoms with Gasteiger partial charge in [0.05, 0.1) is 5.69 Å². The van der Waals surface area contributed by atoms with Gasteiger partial charge in [0, 0.05) is 24.3 Å². The van der Waals surface area contributed by atoms with E-state index in [0.717, 1.165) is 11.3 Å². The highest BCUT2D eigenvalue weighted by Crippen LogP contribution is 2.25. The van der Waals surface area contributed by atoms with Crippen LogP contribution in [0.2, 0.25) is 0 Å². The summed E-state index contributed by atoms with van der Waals surface area (Å²) in [4.78, 5) is 4.17. The molecule has 0 unspecified atom stereocenters. The number of hydrogen-bond donors (Lipinski definition) is 1. The van der Waals surface area contributed by atoms with Crippen molar-refractivity contribution in [2.45, 2.75) is 32.0 Å². The number of hydrogen-bond acceptors (Lipinski definition) is 3. The van der Waals surface area contributed by atoms with Gasteiger partial charge in [-0.1, -0.05) is 18.2 Å². The van der Waals surface area contributed by atoms with Gasteiger partial charge in [0.25, 0.3) is 0 Å². The van der Waals surface area contributed by atoms with Crippen molar-refractivity contribution in [2.24, 2.45) is 0 Å². The second kappa shape index (κ2) is 6.01. The van der Waals surface area contributed by atoms with Gasteiger partial charge in [0.15, 0.2) is 11.6 Å². The molecule has 0 bridgehead atoms. The molecular weight excluding hydrogens is 255 g/mol. The van der Waals surface area contributed by atoms with E-state index >= 15 is 0 Å². The normalized spacial score (nSPS) is 14.2. The summed E-state index contributed by atoms with van der Waals surface area (Å²) in [7, 11) is 0. The molecule has 1 heterocycles. The number of para-hydroxylation sites is 1. The summed E-state index contributed by atoms with van der Waals surface area (Å²) in [6.07, 6.45) is 4.12. The summed E-state index contributed by atoms with van der Waals surface area (Å²) in [5.74, 6) is 0.00216. The largest absolute Gasteiger partial charge is 0.484 e. The third-order valence-electron chi connectivity index (χ3n) is 3.30. The zero-order valence-electron chi connectivity index (χ0n) is 11.2. The Bertz CT molecular complexity index is 570. The Labute approximate surface area is 117 Å². The Hall–Kier alpha value is -1.94. The molecule has 0 saturated heterocycles. The molecule has 0 amide bonds. The fourth-order valence-corrected chi connectivity index (χ4v) is 2.03. The zero-order chi connectivity index (χ0) is 13.8. The maximum atomic E-state index is 13.9. The Balaban J connectivity index is 1.69. The average Bonchev–Trinajstić information content (AvgIpc) is 3.29. The fraction of sp³-hybridized carbons (Fsp3) is 0.312. The number of nitrogens with one attached hydrogen (secondary N) is 1. The van der Waals surface area contributed by atoms with Crippen molar-refractivity contribution in [3.8, 4) is 5.75 Å². The minimum atomic E-state index is -0.323. The van der Waals surface area contributed by atoms with Gasteiger partial charge in [-0.05, 0) is 31.0 Å². The number of nitrogens with zero attached hydrogens (tertiary/aromatic N) is 1. The Kier molecular flexibility index (Phi) is 3.92. The van der Waals surface area contributed by atoms with Gasteiger partial charge in [-0.2, -0.15) is 0 Å². The van der Waals surface area contributed by atoms with Crippen LogP contribution < -0.4 is 10.1 Å². The van der Waals surface area contributed by atoms with E-state index in [-0.39, 0.29) is 12.4 Å². The minimum Gasteiger partial charge on any atom is -0.484 e. The van der Waals surface area contributed by atoms with Crippen LogP contribution in [0.25, 0.3) is 0 Å². The van der Waals surface area contributed by atoms with Gasteiger partial charge in [-0.3, -0.25) is 4.98 Å². The predicted molar refractivity (Wildman–Crippen MR) is 74.8 cm³/mol. The van der Waals surface area contributed by atoms with Crippen LogP contribution >= 0.6 is 0 Å². The fourth-order valence-electron chi connectivity index (χ4n) is 2.03. The highest BCUT2D eigenvalue weighted by molar-refractivity contribution is 5.35. The Morgan fingerprint density at radius 2 is 2.10 bits per heavy atom. The number of aromatic nitrogens is 1. The van der Waals surface area contributed by atoms with Crippen molar-refractivity contribution >= 4 is 0 Å². The molecule has 4 heteroatoms. The molecule has 20 heavy (non-hydrogen) atoms. The number of halogens is 1. The highest BCUT2D eigenvalue weighted by Gasteiger charge is 2.21. The van der Waals surface area contributed by atoms with E-state index in [1.54, 1.807) is 12.3 Å². The lowest BCUT2D eigenvalue weighted by atomic mass is 10.2. The molecule has 104 valence electrons. The molecule has 1 N–H and O–H groups in total. The lowest BCUT2D eigenvalue weighted by molar-refractivity contribution is 0.282. The smallest absolute Gasteiger partial charge is 0.165 e. The monoisotopic (exact) mass is 272 g/mol. The van der Waals surface area contributed by atoms with E-state index < -0.39 is 0 Å². The number of ether oxygens (including phenoxy) is 1. The van der Waals surface area contributed by atoms with Crippen molar-refractivity contribution < 1.29 is 9.13 Å². The summed E-state index contributed by atoms with van der Waals surface area (Å²) < 4.78 is 19.5. The molecule has 3 rings (SSSR count). The van der Waals surface area contributed by atoms with E-state index in [0.29, 0.717) is 18.3 Å². The molecular formula is C16H17FN2O. The molecule has 1 aromatic heterocycles. The van der Waals surface area contributed by atoms with Crippen LogP contribution in [0.15, 0.2) is 42.6 Å². The molecule has 0 spiro atoms. The van der Waals surface area contributed by atoms with Gasteiger partial charge in [0.1, 0.15) is 6.61 Å². The summed E-state index contributed by atoms with van der Waals surface area (Å²) in [5.41, 5.74) is 1.64. The van der Waals surface area contributed by atoms with E-state index in [4.69, 9.17) is 4.74 Å². The van der Waals surface area contributed by atoms with E-state index in [9.17, 15) is 4.39 Å². The van der Waals surface area contributed by atoms with Crippen LogP contribution in [-0.4, -0.2) is 11.0 Å². The lowest BCUT2D eigenvalue weighted by Gasteiger charge is -2.12. The summed E-state index contributed by atoms with van der Waals surface area (Å²) in [6, 6.07) is 11.2. The summed E-state index contributed by atoms with van der Waals surface area (Å²) in [5, 5.41) is 3.38. The molecule has 3 nitrogen and oxygen atoms in total. The Morgan fingerprint density at radius 1 is 1.20 bits per heavy atom. The Morgan fingerprint density at radius 3 is 2.85 bits per heavy atom. The number of pyridine rings is 1. The predicted octanol–water partition coefficient (Wildman–Crippen LogP) is 3.05. The van der Waals surface area contributed by atoms with Gasteiger partial charge in [0.2, 0.25) is 0 Å². The van der Waals surface area contributed by atoms with Crippen molar-refractivity contribution in [2.75, 3.05) is 0 Å². The van der Waals surface area contributed by atoms with Gasteiger partial charge in [-0.15, -0.1) is 0 Å². The second-order valence-electron chi connectivity index (χ2n) is 4.99. The van der Waals surface area contributed by atoms with Crippen molar-refractivity contribution in [3.63, 3.8) is 0 Å². The van der Waals surface area contributed by atoms with Gasteiger partial charge < -0.3 is 10.1 Å². The first-order valence-corrected chi connectivity index (χ1v) is 6.86. The van der Waals surface area contributed by atoms with Crippen LogP contribution in [0.1, 0.15) is 24.1 Å². The van der Waals surface area contributed by atoms with Crippen LogP contribution in [-0.2, 0) is 13.2 Å². The maximum Gasteiger partial charge on any atom is 0.165 e. The van der Waals surface area contributed by atoms with Crippen LogP contribution in [0.3, 0.4) is 0 Å². The van der Waals surface area contributed by atoms with Crippen LogP contribution in [0.4, 0.5) is 4.39 Å². The first-order valence-electron chi connectivity index (χ1n) is 6.86. The highest BCUT2D eigenvalue weighted by atomic mass is 19.1. The first-order chi connectivity index (χ1) is 9.83. The summed E-state index contributed by atoms with van der Waals surface area (Å²) in [6.45, 7) is 0.915. The lowest BCUT2D eigenvalue weighted by Crippen LogP contribution is -2.16. The molecule has 0 aliphatic heterocycles. The standard InChI is InChI=1S/C16H17FN2O/c17-15-6-3-4-12(10-19-13-7-8-13)16(15)20-11-14-5-1-2-9-18-14/h1-6,9,13,19H,7-8,10-11H2. The number of rotatable bonds is 6. The van der Waals surface area contributed by atoms with E-state index in [1.807, 2.05) is 24.3 Å². The van der Waals surface area contributed by atoms with Crippen LogP contribution in [0, 0.1) is 5.82 Å². The van der Waals surface area contributed by atoms with Gasteiger partial charge >= 0.3 is 0 Å². The quantitative estimate of drug-likeness (QED) is 0.877. The molecule has 1 aromatic carbocycles. The molecule has 1 aliphatic carbocycles. The molecule has 0 atom stereocenters. The van der Waals surface area contributed by atoms with Crippen LogP contribution in [0.5, 0.6) is 5.75 Å². The van der Waals surface area contributed by atoms with Crippen molar-refractivity contribution in [1.82, 2.24) is 10.3 Å².